The van der Waals surface area contributed by atoms with E-state index in [4.69, 9.17) is 14.2 Å². The van der Waals surface area contributed by atoms with Crippen LogP contribution in [0.2, 0.25) is 0 Å². The number of methoxy groups -OCH3 is 2. The molecule has 3 aromatic rings. The van der Waals surface area contributed by atoms with E-state index in [9.17, 15) is 0 Å². The van der Waals surface area contributed by atoms with Gasteiger partial charge in [-0.05, 0) is 72.7 Å². The molecule has 2 heterocycles. The highest BCUT2D eigenvalue weighted by molar-refractivity contribution is 7.98. The molecule has 0 spiro atoms. The van der Waals surface area contributed by atoms with E-state index in [1.807, 2.05) is 42.5 Å². The maximum atomic E-state index is 15.4. The van der Waals surface area contributed by atoms with Gasteiger partial charge in [0.1, 0.15) is 18.2 Å². The average molecular weight is 519 g/mol. The number of aliphatic imine (C=N–C) groups is 2. The Hall–Kier alpha value is -3.32. The van der Waals surface area contributed by atoms with Gasteiger partial charge in [0, 0.05) is 40.7 Å². The molecular weight excluding hydrogens is 487 g/mol. The monoisotopic (exact) mass is 518 g/mol. The van der Waals surface area contributed by atoms with Gasteiger partial charge in [0.25, 0.3) is 0 Å². The Kier molecular flexibility index (Phi) is 8.09. The van der Waals surface area contributed by atoms with Crippen LogP contribution in [-0.4, -0.2) is 38.7 Å². The molecule has 0 bridgehead atoms. The lowest BCUT2D eigenvalue weighted by molar-refractivity contribution is 0.279. The van der Waals surface area contributed by atoms with Crippen molar-refractivity contribution < 1.29 is 18.6 Å². The first-order valence-electron chi connectivity index (χ1n) is 12.6. The van der Waals surface area contributed by atoms with Crippen molar-refractivity contribution in [3.63, 3.8) is 0 Å². The molecule has 0 saturated heterocycles. The van der Waals surface area contributed by atoms with Gasteiger partial charge in [-0.25, -0.2) is 4.39 Å². The number of ether oxygens (including phenoxy) is 3. The van der Waals surface area contributed by atoms with Crippen molar-refractivity contribution in [2.24, 2.45) is 9.98 Å². The molecule has 0 aromatic heterocycles. The lowest BCUT2D eigenvalue weighted by atomic mass is 10.1. The molecular formula is C30H31FN2O3S. The minimum Gasteiger partial charge on any atom is -0.496 e. The lowest BCUT2D eigenvalue weighted by Gasteiger charge is -2.14. The fourth-order valence-corrected chi connectivity index (χ4v) is 5.63. The molecule has 0 amide bonds. The van der Waals surface area contributed by atoms with Gasteiger partial charge in [0.05, 0.1) is 14.2 Å². The summed E-state index contributed by atoms with van der Waals surface area (Å²) in [7, 11) is 3.28. The van der Waals surface area contributed by atoms with E-state index in [1.54, 1.807) is 32.0 Å². The molecule has 192 valence electrons. The van der Waals surface area contributed by atoms with Crippen molar-refractivity contribution in [1.29, 1.82) is 0 Å². The van der Waals surface area contributed by atoms with Crippen LogP contribution >= 0.6 is 11.8 Å². The number of halogens is 1. The molecule has 5 nitrogen and oxygen atoms in total. The standard InChI is InChI=1S/C30H31FN2O3S/c1-34-27-16-20(24-8-4-14-32-24)10-12-26(27)36-18-22-6-3-7-23(30(22)31)19-37-29-13-11-21(17-28(29)35-2)25-9-5-15-33-25/h3,6-7,10-13,16-17H,4-5,8-9,14-15,18-19H2,1-2H3. The number of rotatable bonds is 10. The van der Waals surface area contributed by atoms with E-state index < -0.39 is 0 Å². The second kappa shape index (κ2) is 11.8. The van der Waals surface area contributed by atoms with E-state index in [-0.39, 0.29) is 12.4 Å². The SMILES string of the molecule is COc1cc(C2=NCCC2)ccc1OCc1cccc(CSc2ccc(C3=NCCC3)cc2OC)c1F. The molecule has 0 radical (unpaired) electrons. The number of nitrogens with zero attached hydrogens (tertiary/aromatic N) is 2. The molecule has 0 saturated carbocycles. The van der Waals surface area contributed by atoms with Gasteiger partial charge in [-0.2, -0.15) is 0 Å². The summed E-state index contributed by atoms with van der Waals surface area (Å²) in [6.45, 7) is 1.88. The Morgan fingerprint density at radius 2 is 1.43 bits per heavy atom. The first-order chi connectivity index (χ1) is 18.2. The van der Waals surface area contributed by atoms with Gasteiger partial charge in [-0.3, -0.25) is 9.98 Å². The van der Waals surface area contributed by atoms with Crippen LogP contribution in [0.15, 0.2) is 69.5 Å². The van der Waals surface area contributed by atoms with Gasteiger partial charge >= 0.3 is 0 Å². The molecule has 0 aliphatic carbocycles. The maximum Gasteiger partial charge on any atom is 0.161 e. The van der Waals surface area contributed by atoms with E-state index >= 15 is 4.39 Å². The number of benzene rings is 3. The molecule has 5 rings (SSSR count). The summed E-state index contributed by atoms with van der Waals surface area (Å²) in [5.41, 5.74) is 5.51. The Bertz CT molecular complexity index is 1240. The van der Waals surface area contributed by atoms with Crippen LogP contribution in [0.1, 0.15) is 47.9 Å². The van der Waals surface area contributed by atoms with Crippen molar-refractivity contribution in [2.75, 3.05) is 27.3 Å². The Morgan fingerprint density at radius 1 is 0.784 bits per heavy atom. The van der Waals surface area contributed by atoms with Crippen molar-refractivity contribution in [1.82, 2.24) is 0 Å². The fourth-order valence-electron chi connectivity index (χ4n) is 4.65. The topological polar surface area (TPSA) is 52.4 Å². The number of thioether (sulfide) groups is 1. The van der Waals surface area contributed by atoms with Gasteiger partial charge in [-0.1, -0.05) is 24.3 Å². The predicted molar refractivity (Wildman–Crippen MR) is 148 cm³/mol. The molecule has 7 heteroatoms. The molecule has 0 atom stereocenters. The van der Waals surface area contributed by atoms with Gasteiger partial charge < -0.3 is 14.2 Å². The number of hydrogen-bond acceptors (Lipinski definition) is 6. The minimum absolute atomic E-state index is 0.112. The third kappa shape index (κ3) is 5.82. The van der Waals surface area contributed by atoms with E-state index in [1.165, 1.54) is 0 Å². The number of hydrogen-bond donors (Lipinski definition) is 0. The largest absolute Gasteiger partial charge is 0.496 e. The van der Waals surface area contributed by atoms with E-state index in [0.29, 0.717) is 28.4 Å². The summed E-state index contributed by atoms with van der Waals surface area (Å²) in [6.07, 6.45) is 4.16. The van der Waals surface area contributed by atoms with Crippen LogP contribution in [0.3, 0.4) is 0 Å². The zero-order valence-corrected chi connectivity index (χ0v) is 22.1. The first kappa shape index (κ1) is 25.3. The van der Waals surface area contributed by atoms with Crippen LogP contribution in [0.5, 0.6) is 17.2 Å². The van der Waals surface area contributed by atoms with E-state index in [2.05, 4.69) is 16.1 Å². The van der Waals surface area contributed by atoms with Crippen molar-refractivity contribution in [2.45, 2.75) is 42.9 Å². The summed E-state index contributed by atoms with van der Waals surface area (Å²) in [5, 5.41) is 0. The Balaban J connectivity index is 1.26. The summed E-state index contributed by atoms with van der Waals surface area (Å²) in [6, 6.07) is 17.4. The highest BCUT2D eigenvalue weighted by Crippen LogP contribution is 2.35. The lowest BCUT2D eigenvalue weighted by Crippen LogP contribution is -2.03. The highest BCUT2D eigenvalue weighted by Gasteiger charge is 2.16. The summed E-state index contributed by atoms with van der Waals surface area (Å²) >= 11 is 1.56. The second-order valence-electron chi connectivity index (χ2n) is 9.06. The molecule has 2 aliphatic rings. The average Bonchev–Trinajstić information content (AvgIpc) is 3.67. The van der Waals surface area contributed by atoms with Crippen molar-refractivity contribution in [3.8, 4) is 17.2 Å². The van der Waals surface area contributed by atoms with Crippen molar-refractivity contribution >= 4 is 23.2 Å². The van der Waals surface area contributed by atoms with Crippen LogP contribution in [0, 0.1) is 5.82 Å². The normalized spacial score (nSPS) is 14.9. The third-order valence-electron chi connectivity index (χ3n) is 6.67. The van der Waals surface area contributed by atoms with Crippen LogP contribution in [-0.2, 0) is 12.4 Å². The highest BCUT2D eigenvalue weighted by atomic mass is 32.2. The smallest absolute Gasteiger partial charge is 0.161 e. The van der Waals surface area contributed by atoms with Crippen LogP contribution < -0.4 is 14.2 Å². The third-order valence-corrected chi connectivity index (χ3v) is 7.77. The summed E-state index contributed by atoms with van der Waals surface area (Å²) in [5.74, 6) is 2.23. The van der Waals surface area contributed by atoms with Gasteiger partial charge in [0.2, 0.25) is 0 Å². The Labute approximate surface area is 221 Å². The zero-order valence-electron chi connectivity index (χ0n) is 21.3. The molecule has 0 fully saturated rings. The Morgan fingerprint density at radius 3 is 2.08 bits per heavy atom. The quantitative estimate of drug-likeness (QED) is 0.275. The molecule has 3 aromatic carbocycles. The van der Waals surface area contributed by atoms with Gasteiger partial charge in [-0.15, -0.1) is 11.8 Å². The minimum atomic E-state index is -0.248. The molecule has 0 N–H and O–H groups in total. The van der Waals surface area contributed by atoms with Gasteiger partial charge in [0.15, 0.2) is 11.5 Å². The zero-order chi connectivity index (χ0) is 25.6. The molecule has 2 aliphatic heterocycles. The van der Waals surface area contributed by atoms with E-state index in [0.717, 1.165) is 72.0 Å². The summed E-state index contributed by atoms with van der Waals surface area (Å²) < 4.78 is 32.5. The second-order valence-corrected chi connectivity index (χ2v) is 10.1. The van der Waals surface area contributed by atoms with Crippen LogP contribution in [0.4, 0.5) is 4.39 Å². The molecule has 0 unspecified atom stereocenters. The maximum absolute atomic E-state index is 15.4. The summed E-state index contributed by atoms with van der Waals surface area (Å²) in [4.78, 5) is 10.1. The fraction of sp³-hybridized carbons (Fsp3) is 0.333. The van der Waals surface area contributed by atoms with Crippen LogP contribution in [0.25, 0.3) is 0 Å². The molecule has 37 heavy (non-hydrogen) atoms. The van der Waals surface area contributed by atoms with Crippen molar-refractivity contribution in [3.05, 3.63) is 82.7 Å². The predicted octanol–water partition coefficient (Wildman–Crippen LogP) is 6.88. The first-order valence-corrected chi connectivity index (χ1v) is 13.6.